The third-order valence-corrected chi connectivity index (χ3v) is 3.34. The van der Waals surface area contributed by atoms with Crippen molar-refractivity contribution in [2.24, 2.45) is 0 Å². The third kappa shape index (κ3) is 2.52. The van der Waals surface area contributed by atoms with Crippen LogP contribution >= 0.6 is 15.9 Å². The molecule has 1 aliphatic heterocycles. The van der Waals surface area contributed by atoms with E-state index in [4.69, 9.17) is 10.2 Å². The highest BCUT2D eigenvalue weighted by molar-refractivity contribution is 9.10. The van der Waals surface area contributed by atoms with E-state index in [9.17, 15) is 14.4 Å². The Hall–Kier alpha value is -1.73. The molecule has 100 valence electrons. The molecule has 19 heavy (non-hydrogen) atoms. The smallest absolute Gasteiger partial charge is 0.332 e. The number of carboxylic acid groups (broad SMARTS) is 1. The lowest BCUT2D eigenvalue weighted by atomic mass is 10.1. The molecule has 2 rings (SSSR count). The fourth-order valence-corrected chi connectivity index (χ4v) is 2.20. The van der Waals surface area contributed by atoms with E-state index in [-0.39, 0.29) is 24.1 Å². The van der Waals surface area contributed by atoms with Crippen LogP contribution < -0.4 is 0 Å². The largest absolute Gasteiger partial charge is 0.479 e. The van der Waals surface area contributed by atoms with E-state index in [1.165, 1.54) is 6.07 Å². The maximum atomic E-state index is 12.0. The summed E-state index contributed by atoms with van der Waals surface area (Å²) in [6.07, 6.45) is -1.78. The topological polar surface area (TPSA) is 94.9 Å². The number of amides is 2. The van der Waals surface area contributed by atoms with E-state index >= 15 is 0 Å². The molecular weight excluding hydrogens is 318 g/mol. The standard InChI is InChI=1S/C12H10BrNO5/c13-6-1-2-7-8(5-6)11(17)14(10(7)16)4-3-9(15)12(18)19/h1-2,5,9,15H,3-4H2,(H,18,19). The Morgan fingerprint density at radius 1 is 1.26 bits per heavy atom. The molecule has 2 amide bonds. The van der Waals surface area contributed by atoms with Gasteiger partial charge in [-0.25, -0.2) is 4.79 Å². The zero-order valence-corrected chi connectivity index (χ0v) is 11.3. The zero-order chi connectivity index (χ0) is 14.2. The number of aliphatic carboxylic acids is 1. The van der Waals surface area contributed by atoms with Crippen molar-refractivity contribution in [2.75, 3.05) is 6.54 Å². The minimum atomic E-state index is -1.59. The van der Waals surface area contributed by atoms with E-state index in [0.717, 1.165) is 4.90 Å². The normalized spacial score (nSPS) is 15.6. The van der Waals surface area contributed by atoms with Crippen molar-refractivity contribution in [3.63, 3.8) is 0 Å². The van der Waals surface area contributed by atoms with Gasteiger partial charge in [0.05, 0.1) is 11.1 Å². The number of fused-ring (bicyclic) bond motifs is 1. The van der Waals surface area contributed by atoms with Crippen molar-refractivity contribution < 1.29 is 24.6 Å². The summed E-state index contributed by atoms with van der Waals surface area (Å²) in [6.45, 7) is -0.128. The lowest BCUT2D eigenvalue weighted by molar-refractivity contribution is -0.147. The van der Waals surface area contributed by atoms with Gasteiger partial charge in [0.1, 0.15) is 0 Å². The number of halogens is 1. The first-order chi connectivity index (χ1) is 8.91. The third-order valence-electron chi connectivity index (χ3n) is 2.84. The summed E-state index contributed by atoms with van der Waals surface area (Å²) in [5.74, 6) is -2.32. The van der Waals surface area contributed by atoms with Crippen LogP contribution in [-0.4, -0.2) is 45.5 Å². The van der Waals surface area contributed by atoms with Gasteiger partial charge < -0.3 is 10.2 Å². The van der Waals surface area contributed by atoms with E-state index in [2.05, 4.69) is 15.9 Å². The average Bonchev–Trinajstić information content (AvgIpc) is 2.59. The van der Waals surface area contributed by atoms with Gasteiger partial charge >= 0.3 is 5.97 Å². The van der Waals surface area contributed by atoms with Gasteiger partial charge in [-0.15, -0.1) is 0 Å². The molecule has 0 spiro atoms. The molecule has 0 fully saturated rings. The number of carboxylic acids is 1. The maximum Gasteiger partial charge on any atom is 0.332 e. The van der Waals surface area contributed by atoms with Crippen LogP contribution in [-0.2, 0) is 4.79 Å². The molecule has 0 aliphatic carbocycles. The molecule has 0 radical (unpaired) electrons. The summed E-state index contributed by atoms with van der Waals surface area (Å²) in [6, 6.07) is 4.73. The molecule has 2 N–H and O–H groups in total. The molecule has 1 aromatic rings. The highest BCUT2D eigenvalue weighted by Gasteiger charge is 2.35. The van der Waals surface area contributed by atoms with Gasteiger partial charge in [0.2, 0.25) is 0 Å². The first kappa shape index (κ1) is 13.7. The predicted octanol–water partition coefficient (Wildman–Crippen LogP) is 0.881. The molecule has 1 atom stereocenters. The van der Waals surface area contributed by atoms with Gasteiger partial charge in [-0.1, -0.05) is 15.9 Å². The molecular formula is C12H10BrNO5. The number of hydrogen-bond acceptors (Lipinski definition) is 4. The maximum absolute atomic E-state index is 12.0. The molecule has 6 nitrogen and oxygen atoms in total. The lowest BCUT2D eigenvalue weighted by Gasteiger charge is -2.14. The predicted molar refractivity (Wildman–Crippen MR) is 67.8 cm³/mol. The van der Waals surface area contributed by atoms with Gasteiger partial charge in [0.25, 0.3) is 11.8 Å². The van der Waals surface area contributed by atoms with Crippen molar-refractivity contribution in [1.82, 2.24) is 4.90 Å². The Bertz CT molecular complexity index is 571. The highest BCUT2D eigenvalue weighted by Crippen LogP contribution is 2.26. The summed E-state index contributed by atoms with van der Waals surface area (Å²) >= 11 is 3.21. The minimum Gasteiger partial charge on any atom is -0.479 e. The summed E-state index contributed by atoms with van der Waals surface area (Å²) < 4.78 is 0.680. The van der Waals surface area contributed by atoms with Crippen molar-refractivity contribution >= 4 is 33.7 Å². The number of aliphatic hydroxyl groups is 1. The van der Waals surface area contributed by atoms with Gasteiger partial charge in [-0.05, 0) is 18.2 Å². The summed E-state index contributed by atoms with van der Waals surface area (Å²) in [4.78, 5) is 35.4. The number of carbonyl (C=O) groups excluding carboxylic acids is 2. The van der Waals surface area contributed by atoms with Gasteiger partial charge in [0.15, 0.2) is 6.10 Å². The number of imide groups is 1. The molecule has 0 saturated carbocycles. The van der Waals surface area contributed by atoms with Crippen molar-refractivity contribution in [3.8, 4) is 0 Å². The SMILES string of the molecule is O=C(O)C(O)CCN1C(=O)c2ccc(Br)cc2C1=O. The summed E-state index contributed by atoms with van der Waals surface area (Å²) in [5.41, 5.74) is 0.571. The molecule has 1 aliphatic rings. The first-order valence-electron chi connectivity index (χ1n) is 5.48. The Kier molecular flexibility index (Phi) is 3.68. The molecule has 7 heteroatoms. The van der Waals surface area contributed by atoms with Gasteiger partial charge in [-0.2, -0.15) is 0 Å². The molecule has 1 heterocycles. The van der Waals surface area contributed by atoms with Crippen LogP contribution in [0.25, 0.3) is 0 Å². The second-order valence-electron chi connectivity index (χ2n) is 4.09. The van der Waals surface area contributed by atoms with Crippen LogP contribution in [0.15, 0.2) is 22.7 Å². The quantitative estimate of drug-likeness (QED) is 0.800. The molecule has 0 bridgehead atoms. The Morgan fingerprint density at radius 3 is 2.53 bits per heavy atom. The molecule has 0 saturated heterocycles. The van der Waals surface area contributed by atoms with Crippen LogP contribution in [0.1, 0.15) is 27.1 Å². The van der Waals surface area contributed by atoms with Crippen molar-refractivity contribution in [1.29, 1.82) is 0 Å². The van der Waals surface area contributed by atoms with Crippen LogP contribution in [0.2, 0.25) is 0 Å². The van der Waals surface area contributed by atoms with Crippen molar-refractivity contribution in [2.45, 2.75) is 12.5 Å². The number of hydrogen-bond donors (Lipinski definition) is 2. The summed E-state index contributed by atoms with van der Waals surface area (Å²) in [5, 5.41) is 17.7. The van der Waals surface area contributed by atoms with Crippen LogP contribution in [0.3, 0.4) is 0 Å². The second-order valence-corrected chi connectivity index (χ2v) is 5.01. The van der Waals surface area contributed by atoms with Crippen LogP contribution in [0.4, 0.5) is 0 Å². The summed E-state index contributed by atoms with van der Waals surface area (Å²) in [7, 11) is 0. The van der Waals surface area contributed by atoms with Crippen LogP contribution in [0.5, 0.6) is 0 Å². The number of aliphatic hydroxyl groups excluding tert-OH is 1. The van der Waals surface area contributed by atoms with Crippen LogP contribution in [0, 0.1) is 0 Å². The average molecular weight is 328 g/mol. The fourth-order valence-electron chi connectivity index (χ4n) is 1.84. The van der Waals surface area contributed by atoms with E-state index < -0.39 is 23.9 Å². The lowest BCUT2D eigenvalue weighted by Crippen LogP contribution is -2.34. The Morgan fingerprint density at radius 2 is 1.89 bits per heavy atom. The molecule has 0 aromatic heterocycles. The Balaban J connectivity index is 2.16. The molecule has 1 aromatic carbocycles. The second kappa shape index (κ2) is 5.10. The first-order valence-corrected chi connectivity index (χ1v) is 6.27. The minimum absolute atomic E-state index is 0.128. The van der Waals surface area contributed by atoms with E-state index in [0.29, 0.717) is 4.47 Å². The van der Waals surface area contributed by atoms with Gasteiger partial charge in [-0.3, -0.25) is 14.5 Å². The Labute approximate surface area is 116 Å². The monoisotopic (exact) mass is 327 g/mol. The van der Waals surface area contributed by atoms with Gasteiger partial charge in [0, 0.05) is 17.4 Å². The number of rotatable bonds is 4. The van der Waals surface area contributed by atoms with Crippen molar-refractivity contribution in [3.05, 3.63) is 33.8 Å². The number of carbonyl (C=O) groups is 3. The molecule has 1 unspecified atom stereocenters. The van der Waals surface area contributed by atoms with E-state index in [1.54, 1.807) is 12.1 Å². The number of benzene rings is 1. The number of nitrogens with zero attached hydrogens (tertiary/aromatic N) is 1. The highest BCUT2D eigenvalue weighted by atomic mass is 79.9. The van der Waals surface area contributed by atoms with E-state index in [1.807, 2.05) is 0 Å². The zero-order valence-electron chi connectivity index (χ0n) is 9.67. The fraction of sp³-hybridized carbons (Fsp3) is 0.250.